The second-order valence-corrected chi connectivity index (χ2v) is 8.16. The van der Waals surface area contributed by atoms with Gasteiger partial charge in [-0.25, -0.2) is 17.6 Å². The number of benzene rings is 1. The normalized spacial score (nSPS) is 17.1. The lowest BCUT2D eigenvalue weighted by Gasteiger charge is -2.23. The van der Waals surface area contributed by atoms with Gasteiger partial charge in [-0.05, 0) is 31.0 Å². The van der Waals surface area contributed by atoms with Crippen LogP contribution in [-0.4, -0.2) is 61.4 Å². The van der Waals surface area contributed by atoms with Gasteiger partial charge in [0, 0.05) is 19.1 Å². The molecule has 3 N–H and O–H groups in total. The van der Waals surface area contributed by atoms with Gasteiger partial charge in [-0.1, -0.05) is 6.92 Å². The molecule has 2 rings (SSSR count). The first-order valence-corrected chi connectivity index (χ1v) is 9.83. The number of hydrogen-bond donors (Lipinski definition) is 2. The molecule has 7 nitrogen and oxygen atoms in total. The van der Waals surface area contributed by atoms with Gasteiger partial charge in [0.1, 0.15) is 5.82 Å². The fourth-order valence-electron chi connectivity index (χ4n) is 2.53. The number of hydrogen-bond acceptors (Lipinski definition) is 5. The number of carboxylic acid groups (broad SMARTS) is 1. The van der Waals surface area contributed by atoms with E-state index in [1.165, 1.54) is 17.9 Å². The molecule has 1 fully saturated rings. The van der Waals surface area contributed by atoms with Crippen molar-refractivity contribution in [3.8, 4) is 0 Å². The third kappa shape index (κ3) is 5.89. The first-order chi connectivity index (χ1) is 12.8. The van der Waals surface area contributed by atoms with Gasteiger partial charge in [-0.2, -0.15) is 13.2 Å². The molecule has 158 valence electrons. The molecule has 0 bridgehead atoms. The molecule has 1 aromatic rings. The Morgan fingerprint density at radius 3 is 2.36 bits per heavy atom. The van der Waals surface area contributed by atoms with E-state index in [4.69, 9.17) is 15.6 Å². The van der Waals surface area contributed by atoms with Crippen molar-refractivity contribution in [3.05, 3.63) is 29.6 Å². The van der Waals surface area contributed by atoms with E-state index in [1.807, 2.05) is 0 Å². The van der Waals surface area contributed by atoms with Crippen molar-refractivity contribution in [1.29, 1.82) is 0 Å². The Morgan fingerprint density at radius 1 is 1.32 bits per heavy atom. The lowest BCUT2D eigenvalue weighted by molar-refractivity contribution is -0.192. The molecule has 1 aliphatic rings. The standard InChI is InChI=1S/C14H19FN2O3S.C2HF3O2/c1-2-21(19,20)11-5-6-13(15)12(8-11)14(18)17-7-3-4-10(17)9-16;3-2(4,5)1(6)7/h5-6,8,10H,2-4,7,9,16H2,1H3;(H,6,7). The fraction of sp³-hybridized carbons (Fsp3) is 0.500. The van der Waals surface area contributed by atoms with Gasteiger partial charge >= 0.3 is 12.1 Å². The Morgan fingerprint density at radius 2 is 1.89 bits per heavy atom. The SMILES string of the molecule is CCS(=O)(=O)c1ccc(F)c(C(=O)N2CCCC2CN)c1.O=C(O)C(F)(F)F. The smallest absolute Gasteiger partial charge is 0.475 e. The predicted octanol–water partition coefficient (Wildman–Crippen LogP) is 1.82. The van der Waals surface area contributed by atoms with Gasteiger partial charge in [0.2, 0.25) is 0 Å². The second kappa shape index (κ2) is 9.32. The van der Waals surface area contributed by atoms with Crippen LogP contribution in [0.2, 0.25) is 0 Å². The van der Waals surface area contributed by atoms with Crippen LogP contribution in [0.4, 0.5) is 17.6 Å². The molecular formula is C16H20F4N2O5S. The molecule has 1 heterocycles. The number of alkyl halides is 3. The molecular weight excluding hydrogens is 408 g/mol. The maximum atomic E-state index is 13.9. The molecule has 1 aliphatic heterocycles. The van der Waals surface area contributed by atoms with E-state index in [-0.39, 0.29) is 22.3 Å². The highest BCUT2D eigenvalue weighted by molar-refractivity contribution is 7.91. The summed E-state index contributed by atoms with van der Waals surface area (Å²) < 4.78 is 69.4. The quantitative estimate of drug-likeness (QED) is 0.558. The second-order valence-electron chi connectivity index (χ2n) is 5.88. The molecule has 0 radical (unpaired) electrons. The minimum Gasteiger partial charge on any atom is -0.475 e. The number of amides is 1. The predicted molar refractivity (Wildman–Crippen MR) is 90.9 cm³/mol. The molecule has 0 spiro atoms. The summed E-state index contributed by atoms with van der Waals surface area (Å²) in [6.07, 6.45) is -3.47. The number of carbonyl (C=O) groups is 2. The van der Waals surface area contributed by atoms with E-state index in [9.17, 15) is 30.8 Å². The van der Waals surface area contributed by atoms with E-state index < -0.39 is 33.7 Å². The van der Waals surface area contributed by atoms with E-state index in [2.05, 4.69) is 0 Å². The van der Waals surface area contributed by atoms with Crippen LogP contribution in [0.5, 0.6) is 0 Å². The number of nitrogens with two attached hydrogens (primary N) is 1. The largest absolute Gasteiger partial charge is 0.490 e. The van der Waals surface area contributed by atoms with Crippen LogP contribution in [-0.2, 0) is 14.6 Å². The van der Waals surface area contributed by atoms with Crippen molar-refractivity contribution in [2.24, 2.45) is 5.73 Å². The van der Waals surface area contributed by atoms with Crippen LogP contribution >= 0.6 is 0 Å². The number of likely N-dealkylation sites (tertiary alicyclic amines) is 1. The maximum absolute atomic E-state index is 13.9. The Balaban J connectivity index is 0.000000480. The highest BCUT2D eigenvalue weighted by Gasteiger charge is 2.38. The van der Waals surface area contributed by atoms with Crippen molar-refractivity contribution < 1.29 is 40.7 Å². The number of nitrogens with zero attached hydrogens (tertiary/aromatic N) is 1. The van der Waals surface area contributed by atoms with Crippen molar-refractivity contribution in [2.45, 2.75) is 36.9 Å². The molecule has 12 heteroatoms. The van der Waals surface area contributed by atoms with Gasteiger partial charge in [-0.15, -0.1) is 0 Å². The van der Waals surface area contributed by atoms with E-state index in [0.29, 0.717) is 13.1 Å². The number of carbonyl (C=O) groups excluding carboxylic acids is 1. The first kappa shape index (κ1) is 23.8. The zero-order valence-electron chi connectivity index (χ0n) is 14.9. The fourth-order valence-corrected chi connectivity index (χ4v) is 3.44. The molecule has 1 unspecified atom stereocenters. The van der Waals surface area contributed by atoms with E-state index >= 15 is 0 Å². The molecule has 1 atom stereocenters. The summed E-state index contributed by atoms with van der Waals surface area (Å²) in [6.45, 7) is 2.34. The van der Waals surface area contributed by atoms with Crippen LogP contribution < -0.4 is 5.73 Å². The summed E-state index contributed by atoms with van der Waals surface area (Å²) in [5.41, 5.74) is 5.41. The number of aliphatic carboxylic acids is 1. The first-order valence-electron chi connectivity index (χ1n) is 8.18. The topological polar surface area (TPSA) is 118 Å². The average molecular weight is 428 g/mol. The minimum absolute atomic E-state index is 0.0294. The molecule has 0 saturated carbocycles. The molecule has 1 aromatic carbocycles. The molecule has 1 saturated heterocycles. The van der Waals surface area contributed by atoms with Gasteiger partial charge < -0.3 is 15.7 Å². The minimum atomic E-state index is -5.08. The Hall–Kier alpha value is -2.21. The summed E-state index contributed by atoms with van der Waals surface area (Å²) in [6, 6.07) is 3.24. The monoisotopic (exact) mass is 428 g/mol. The zero-order chi connectivity index (χ0) is 21.7. The molecule has 28 heavy (non-hydrogen) atoms. The van der Waals surface area contributed by atoms with E-state index in [1.54, 1.807) is 0 Å². The highest BCUT2D eigenvalue weighted by Crippen LogP contribution is 2.23. The van der Waals surface area contributed by atoms with Crippen LogP contribution in [0.25, 0.3) is 0 Å². The van der Waals surface area contributed by atoms with Gasteiger partial charge in [0.25, 0.3) is 5.91 Å². The van der Waals surface area contributed by atoms with Crippen LogP contribution in [0.15, 0.2) is 23.1 Å². The molecule has 1 amide bonds. The van der Waals surface area contributed by atoms with Crippen LogP contribution in [0.3, 0.4) is 0 Å². The maximum Gasteiger partial charge on any atom is 0.490 e. The van der Waals surface area contributed by atoms with Gasteiger partial charge in [0.15, 0.2) is 9.84 Å². The highest BCUT2D eigenvalue weighted by atomic mass is 32.2. The third-order valence-corrected chi connectivity index (χ3v) is 5.79. The Labute approximate surface area is 159 Å². The summed E-state index contributed by atoms with van der Waals surface area (Å²) in [7, 11) is -3.48. The Kier molecular flexibility index (Phi) is 7.94. The van der Waals surface area contributed by atoms with Gasteiger partial charge in [0.05, 0.1) is 16.2 Å². The van der Waals surface area contributed by atoms with Gasteiger partial charge in [-0.3, -0.25) is 4.79 Å². The molecule has 0 aromatic heterocycles. The lowest BCUT2D eigenvalue weighted by atomic mass is 10.1. The van der Waals surface area contributed by atoms with Crippen molar-refractivity contribution in [2.75, 3.05) is 18.8 Å². The van der Waals surface area contributed by atoms with Crippen molar-refractivity contribution >= 4 is 21.7 Å². The van der Waals surface area contributed by atoms with Crippen LogP contribution in [0.1, 0.15) is 30.1 Å². The average Bonchev–Trinajstić information content (AvgIpc) is 3.09. The van der Waals surface area contributed by atoms with E-state index in [0.717, 1.165) is 25.0 Å². The van der Waals surface area contributed by atoms with Crippen LogP contribution in [0, 0.1) is 5.82 Å². The summed E-state index contributed by atoms with van der Waals surface area (Å²) >= 11 is 0. The number of carboxylic acids is 1. The summed E-state index contributed by atoms with van der Waals surface area (Å²) in [4.78, 5) is 22.8. The molecule has 0 aliphatic carbocycles. The third-order valence-electron chi connectivity index (χ3n) is 4.06. The van der Waals surface area contributed by atoms with Crippen molar-refractivity contribution in [1.82, 2.24) is 4.90 Å². The number of halogens is 4. The zero-order valence-corrected chi connectivity index (χ0v) is 15.7. The number of rotatable bonds is 4. The van der Waals surface area contributed by atoms with Crippen molar-refractivity contribution in [3.63, 3.8) is 0 Å². The number of sulfone groups is 1. The lowest BCUT2D eigenvalue weighted by Crippen LogP contribution is -2.40. The summed E-state index contributed by atoms with van der Waals surface area (Å²) in [5, 5.41) is 7.12. The Bertz CT molecular complexity index is 827. The summed E-state index contributed by atoms with van der Waals surface area (Å²) in [5.74, 6) is -4.06.